The SMILES string of the molecule is CCCOCCCNC(=O)c1ccnc(Br)c1. The third-order valence-corrected chi connectivity index (χ3v) is 2.52. The zero-order chi connectivity index (χ0) is 12.5. The minimum absolute atomic E-state index is 0.0800. The van der Waals surface area contributed by atoms with Crippen LogP contribution in [-0.4, -0.2) is 30.6 Å². The molecule has 1 heterocycles. The molecule has 17 heavy (non-hydrogen) atoms. The van der Waals surface area contributed by atoms with Crippen LogP contribution in [0.2, 0.25) is 0 Å². The van der Waals surface area contributed by atoms with Crippen LogP contribution >= 0.6 is 15.9 Å². The molecule has 0 saturated carbocycles. The van der Waals surface area contributed by atoms with Gasteiger partial charge in [-0.2, -0.15) is 0 Å². The molecule has 0 radical (unpaired) electrons. The number of halogens is 1. The summed E-state index contributed by atoms with van der Waals surface area (Å²) in [5.74, 6) is -0.0800. The molecule has 0 atom stereocenters. The molecule has 0 unspecified atom stereocenters. The first kappa shape index (κ1) is 14.1. The van der Waals surface area contributed by atoms with Gasteiger partial charge in [-0.3, -0.25) is 4.79 Å². The highest BCUT2D eigenvalue weighted by Gasteiger charge is 2.04. The van der Waals surface area contributed by atoms with Crippen molar-refractivity contribution in [2.45, 2.75) is 19.8 Å². The molecule has 1 N–H and O–H groups in total. The number of rotatable bonds is 7. The lowest BCUT2D eigenvalue weighted by Crippen LogP contribution is -2.25. The van der Waals surface area contributed by atoms with Crippen molar-refractivity contribution in [2.75, 3.05) is 19.8 Å². The lowest BCUT2D eigenvalue weighted by atomic mass is 10.2. The van der Waals surface area contributed by atoms with Crippen LogP contribution in [0.4, 0.5) is 0 Å². The van der Waals surface area contributed by atoms with Crippen LogP contribution in [0, 0.1) is 0 Å². The molecule has 0 aromatic carbocycles. The van der Waals surface area contributed by atoms with Crippen molar-refractivity contribution in [3.8, 4) is 0 Å². The van der Waals surface area contributed by atoms with E-state index >= 15 is 0 Å². The topological polar surface area (TPSA) is 51.2 Å². The van der Waals surface area contributed by atoms with E-state index in [0.717, 1.165) is 19.4 Å². The van der Waals surface area contributed by atoms with E-state index in [2.05, 4.69) is 33.2 Å². The van der Waals surface area contributed by atoms with Crippen molar-refractivity contribution >= 4 is 21.8 Å². The van der Waals surface area contributed by atoms with Gasteiger partial charge < -0.3 is 10.1 Å². The Hall–Kier alpha value is -0.940. The second kappa shape index (κ2) is 8.20. The van der Waals surface area contributed by atoms with Gasteiger partial charge in [-0.25, -0.2) is 4.98 Å². The summed E-state index contributed by atoms with van der Waals surface area (Å²) < 4.78 is 5.98. The molecule has 0 aliphatic rings. The summed E-state index contributed by atoms with van der Waals surface area (Å²) in [7, 11) is 0. The van der Waals surface area contributed by atoms with Gasteiger partial charge in [0.05, 0.1) is 0 Å². The van der Waals surface area contributed by atoms with Gasteiger partial charge in [-0.05, 0) is 40.9 Å². The Morgan fingerprint density at radius 3 is 3.06 bits per heavy atom. The minimum Gasteiger partial charge on any atom is -0.381 e. The third kappa shape index (κ3) is 5.79. The molecule has 1 aromatic rings. The van der Waals surface area contributed by atoms with Crippen LogP contribution in [0.3, 0.4) is 0 Å². The fraction of sp³-hybridized carbons (Fsp3) is 0.500. The van der Waals surface area contributed by atoms with E-state index in [1.807, 2.05) is 0 Å². The molecule has 1 aromatic heterocycles. The Balaban J connectivity index is 2.21. The van der Waals surface area contributed by atoms with E-state index < -0.39 is 0 Å². The van der Waals surface area contributed by atoms with Crippen LogP contribution in [0.1, 0.15) is 30.1 Å². The molecule has 0 fully saturated rings. The van der Waals surface area contributed by atoms with Gasteiger partial charge in [0.2, 0.25) is 0 Å². The van der Waals surface area contributed by atoms with Crippen molar-refractivity contribution in [1.82, 2.24) is 10.3 Å². The smallest absolute Gasteiger partial charge is 0.251 e. The molecule has 0 aliphatic heterocycles. The van der Waals surface area contributed by atoms with E-state index in [0.29, 0.717) is 23.3 Å². The lowest BCUT2D eigenvalue weighted by Gasteiger charge is -2.05. The van der Waals surface area contributed by atoms with Crippen LogP contribution < -0.4 is 5.32 Å². The zero-order valence-electron chi connectivity index (χ0n) is 9.91. The second-order valence-electron chi connectivity index (χ2n) is 3.59. The predicted molar refractivity (Wildman–Crippen MR) is 70.0 cm³/mol. The highest BCUT2D eigenvalue weighted by molar-refractivity contribution is 9.10. The first-order chi connectivity index (χ1) is 8.24. The van der Waals surface area contributed by atoms with Gasteiger partial charge in [0.1, 0.15) is 4.60 Å². The van der Waals surface area contributed by atoms with Crippen LogP contribution in [-0.2, 0) is 4.74 Å². The van der Waals surface area contributed by atoms with Crippen molar-refractivity contribution < 1.29 is 9.53 Å². The van der Waals surface area contributed by atoms with Gasteiger partial charge in [0, 0.05) is 31.5 Å². The Labute approximate surface area is 110 Å². The molecule has 1 rings (SSSR count). The second-order valence-corrected chi connectivity index (χ2v) is 4.40. The Morgan fingerprint density at radius 1 is 1.53 bits per heavy atom. The molecule has 0 saturated heterocycles. The standard InChI is InChI=1S/C12H17BrN2O2/c1-2-7-17-8-3-5-15-12(16)10-4-6-14-11(13)9-10/h4,6,9H,2-3,5,7-8H2,1H3,(H,15,16). The number of aromatic nitrogens is 1. The van der Waals surface area contributed by atoms with Crippen molar-refractivity contribution in [1.29, 1.82) is 0 Å². The largest absolute Gasteiger partial charge is 0.381 e. The number of nitrogens with one attached hydrogen (secondary N) is 1. The number of hydrogen-bond donors (Lipinski definition) is 1. The van der Waals surface area contributed by atoms with Gasteiger partial charge in [-0.1, -0.05) is 6.92 Å². The van der Waals surface area contributed by atoms with Crippen LogP contribution in [0.5, 0.6) is 0 Å². The average Bonchev–Trinajstić information content (AvgIpc) is 2.33. The number of hydrogen-bond acceptors (Lipinski definition) is 3. The Morgan fingerprint density at radius 2 is 2.35 bits per heavy atom. The van der Waals surface area contributed by atoms with E-state index in [4.69, 9.17) is 4.74 Å². The molecule has 0 aliphatic carbocycles. The Bertz CT molecular complexity index is 358. The van der Waals surface area contributed by atoms with Crippen LogP contribution in [0.15, 0.2) is 22.9 Å². The molecular formula is C12H17BrN2O2. The van der Waals surface area contributed by atoms with Gasteiger partial charge in [0.25, 0.3) is 5.91 Å². The van der Waals surface area contributed by atoms with E-state index in [1.54, 1.807) is 18.3 Å². The lowest BCUT2D eigenvalue weighted by molar-refractivity contribution is 0.0941. The molecule has 0 spiro atoms. The highest BCUT2D eigenvalue weighted by Crippen LogP contribution is 2.07. The molecule has 4 nitrogen and oxygen atoms in total. The molecule has 5 heteroatoms. The first-order valence-electron chi connectivity index (χ1n) is 5.71. The van der Waals surface area contributed by atoms with Gasteiger partial charge >= 0.3 is 0 Å². The van der Waals surface area contributed by atoms with E-state index in [-0.39, 0.29) is 5.91 Å². The number of carbonyl (C=O) groups is 1. The van der Waals surface area contributed by atoms with Crippen LogP contribution in [0.25, 0.3) is 0 Å². The zero-order valence-corrected chi connectivity index (χ0v) is 11.5. The fourth-order valence-electron chi connectivity index (χ4n) is 1.27. The maximum absolute atomic E-state index is 11.7. The highest BCUT2D eigenvalue weighted by atomic mass is 79.9. The minimum atomic E-state index is -0.0800. The monoisotopic (exact) mass is 300 g/mol. The summed E-state index contributed by atoms with van der Waals surface area (Å²) in [6.45, 7) is 4.17. The predicted octanol–water partition coefficient (Wildman–Crippen LogP) is 2.39. The summed E-state index contributed by atoms with van der Waals surface area (Å²) in [5.41, 5.74) is 0.612. The van der Waals surface area contributed by atoms with Crippen molar-refractivity contribution in [3.05, 3.63) is 28.5 Å². The van der Waals surface area contributed by atoms with Crippen molar-refractivity contribution in [2.24, 2.45) is 0 Å². The van der Waals surface area contributed by atoms with Gasteiger partial charge in [0.15, 0.2) is 0 Å². The van der Waals surface area contributed by atoms with E-state index in [9.17, 15) is 4.79 Å². The summed E-state index contributed by atoms with van der Waals surface area (Å²) in [4.78, 5) is 15.7. The number of nitrogens with zero attached hydrogens (tertiary/aromatic N) is 1. The summed E-state index contributed by atoms with van der Waals surface area (Å²) in [6, 6.07) is 3.39. The fourth-order valence-corrected chi connectivity index (χ4v) is 1.63. The number of ether oxygens (including phenoxy) is 1. The maximum atomic E-state index is 11.7. The van der Waals surface area contributed by atoms with Crippen molar-refractivity contribution in [3.63, 3.8) is 0 Å². The molecule has 1 amide bonds. The Kier molecular flexibility index (Phi) is 6.81. The number of amides is 1. The van der Waals surface area contributed by atoms with Gasteiger partial charge in [-0.15, -0.1) is 0 Å². The number of carbonyl (C=O) groups excluding carboxylic acids is 1. The summed E-state index contributed by atoms with van der Waals surface area (Å²) in [5, 5.41) is 2.84. The normalized spacial score (nSPS) is 10.2. The van der Waals surface area contributed by atoms with E-state index in [1.165, 1.54) is 0 Å². The summed E-state index contributed by atoms with van der Waals surface area (Å²) in [6.07, 6.45) is 3.46. The molecule has 0 bridgehead atoms. The quantitative estimate of drug-likeness (QED) is 0.621. The third-order valence-electron chi connectivity index (χ3n) is 2.09. The molecule has 94 valence electrons. The maximum Gasteiger partial charge on any atom is 0.251 e. The molecular weight excluding hydrogens is 284 g/mol. The summed E-state index contributed by atoms with van der Waals surface area (Å²) >= 11 is 3.23. The average molecular weight is 301 g/mol. The first-order valence-corrected chi connectivity index (χ1v) is 6.51. The number of pyridine rings is 1.